The van der Waals surface area contributed by atoms with Crippen LogP contribution in [0, 0.1) is 11.8 Å². The number of carboxylic acid groups (broad SMARTS) is 1. The summed E-state index contributed by atoms with van der Waals surface area (Å²) in [4.78, 5) is 35.3. The van der Waals surface area contributed by atoms with Gasteiger partial charge in [0.15, 0.2) is 5.69 Å². The Morgan fingerprint density at radius 1 is 1.21 bits per heavy atom. The molecule has 1 aliphatic carbocycles. The summed E-state index contributed by atoms with van der Waals surface area (Å²) in [6.07, 6.45) is 9.47. The number of methoxy groups -OCH3 is 1. The molecule has 1 saturated carbocycles. The highest BCUT2D eigenvalue weighted by Gasteiger charge is 2.44. The Morgan fingerprint density at radius 3 is 2.54 bits per heavy atom. The minimum absolute atomic E-state index is 0.0184. The fourth-order valence-electron chi connectivity index (χ4n) is 4.13. The van der Waals surface area contributed by atoms with Crippen molar-refractivity contribution in [2.75, 3.05) is 20.2 Å². The van der Waals surface area contributed by atoms with Gasteiger partial charge in [0.25, 0.3) is 12.4 Å². The minimum Gasteiger partial charge on any atom is -0.483 e. The normalized spacial score (nSPS) is 26.0. The van der Waals surface area contributed by atoms with Gasteiger partial charge in [-0.05, 0) is 24.7 Å². The molecule has 4 atom stereocenters. The molecule has 2 aromatic heterocycles. The zero-order valence-corrected chi connectivity index (χ0v) is 15.5. The molecule has 10 heteroatoms. The Morgan fingerprint density at radius 2 is 1.89 bits per heavy atom. The van der Waals surface area contributed by atoms with Gasteiger partial charge in [-0.15, -0.1) is 0 Å². The molecule has 2 fully saturated rings. The number of ether oxygens (including phenoxy) is 1. The summed E-state index contributed by atoms with van der Waals surface area (Å²) in [7, 11) is 1.48. The van der Waals surface area contributed by atoms with E-state index in [1.54, 1.807) is 12.5 Å². The van der Waals surface area contributed by atoms with Gasteiger partial charge in [-0.1, -0.05) is 0 Å². The number of imidazole rings is 1. The van der Waals surface area contributed by atoms with E-state index in [0.717, 1.165) is 6.42 Å². The van der Waals surface area contributed by atoms with Gasteiger partial charge in [-0.2, -0.15) is 0 Å². The summed E-state index contributed by atoms with van der Waals surface area (Å²) >= 11 is 0. The molecule has 0 spiro atoms. The Labute approximate surface area is 161 Å². The average Bonchev–Trinajstić information content (AvgIpc) is 3.36. The zero-order valence-electron chi connectivity index (χ0n) is 15.5. The Bertz CT molecular complexity index is 799. The number of carbonyl (C=O) groups excluding carboxylic acids is 1. The number of rotatable bonds is 3. The van der Waals surface area contributed by atoms with Gasteiger partial charge in [0.2, 0.25) is 5.88 Å². The highest BCUT2D eigenvalue weighted by atomic mass is 16.5. The van der Waals surface area contributed by atoms with E-state index in [2.05, 4.69) is 15.0 Å². The van der Waals surface area contributed by atoms with Crippen LogP contribution in [0.4, 0.5) is 0 Å². The molecule has 0 radical (unpaired) electrons. The first-order chi connectivity index (χ1) is 13.6. The van der Waals surface area contributed by atoms with Crippen molar-refractivity contribution in [2.45, 2.75) is 25.0 Å². The van der Waals surface area contributed by atoms with Gasteiger partial charge < -0.3 is 24.4 Å². The van der Waals surface area contributed by atoms with Crippen LogP contribution in [0.15, 0.2) is 31.1 Å². The SMILES string of the molecule is COc1nccnc1C(=O)N1C[C@H]2C[C@@H](n3ccnc3)[C@H](O)C[C@H]2C1.O=CO. The highest BCUT2D eigenvalue weighted by Crippen LogP contribution is 2.41. The number of likely N-dealkylation sites (tertiary alicyclic amines) is 1. The van der Waals surface area contributed by atoms with Crippen LogP contribution in [0.3, 0.4) is 0 Å². The van der Waals surface area contributed by atoms with E-state index >= 15 is 0 Å². The van der Waals surface area contributed by atoms with E-state index in [1.165, 1.54) is 19.5 Å². The Kier molecular flexibility index (Phi) is 6.19. The Balaban J connectivity index is 0.000000706. The average molecular weight is 389 g/mol. The molecule has 2 aliphatic rings. The summed E-state index contributed by atoms with van der Waals surface area (Å²) in [6.45, 7) is 1.05. The number of aromatic nitrogens is 4. The predicted molar refractivity (Wildman–Crippen MR) is 96.7 cm³/mol. The second-order valence-electron chi connectivity index (χ2n) is 6.87. The molecule has 2 N–H and O–H groups in total. The molecule has 150 valence electrons. The molecule has 28 heavy (non-hydrogen) atoms. The van der Waals surface area contributed by atoms with Crippen LogP contribution in [0.2, 0.25) is 0 Å². The van der Waals surface area contributed by atoms with E-state index in [4.69, 9.17) is 14.6 Å². The molecule has 4 rings (SSSR count). The van der Waals surface area contributed by atoms with Crippen molar-refractivity contribution in [1.29, 1.82) is 0 Å². The second kappa shape index (κ2) is 8.79. The standard InChI is InChI=1S/C17H21N5O3.CH2O2/c1-25-16-15(19-2-3-20-16)17(24)22-8-11-6-13(21-5-4-18-10-21)14(23)7-12(11)9-22;2-1-3/h2-5,10-14,23H,6-9H2,1H3;1H,(H,2,3)/t11-,12+,13-,14-;/m1./s1. The van der Waals surface area contributed by atoms with Crippen molar-refractivity contribution in [1.82, 2.24) is 24.4 Å². The van der Waals surface area contributed by atoms with E-state index in [0.29, 0.717) is 31.3 Å². The number of fused-ring (bicyclic) bond motifs is 1. The van der Waals surface area contributed by atoms with Gasteiger partial charge >= 0.3 is 0 Å². The van der Waals surface area contributed by atoms with Gasteiger partial charge in [0.1, 0.15) is 0 Å². The summed E-state index contributed by atoms with van der Waals surface area (Å²) in [5.74, 6) is 0.760. The second-order valence-corrected chi connectivity index (χ2v) is 6.87. The predicted octanol–water partition coefficient (Wildman–Crippen LogP) is 0.467. The largest absolute Gasteiger partial charge is 0.483 e. The van der Waals surface area contributed by atoms with Crippen LogP contribution in [0.1, 0.15) is 29.4 Å². The number of nitrogens with zero attached hydrogens (tertiary/aromatic N) is 5. The van der Waals surface area contributed by atoms with Gasteiger partial charge in [0.05, 0.1) is 25.6 Å². The lowest BCUT2D eigenvalue weighted by Crippen LogP contribution is -2.35. The van der Waals surface area contributed by atoms with Crippen LogP contribution in [-0.2, 0) is 4.79 Å². The molecule has 10 nitrogen and oxygen atoms in total. The monoisotopic (exact) mass is 389 g/mol. The molecule has 1 amide bonds. The third-order valence-electron chi connectivity index (χ3n) is 5.36. The van der Waals surface area contributed by atoms with Gasteiger partial charge in [-0.25, -0.2) is 15.0 Å². The maximum absolute atomic E-state index is 12.8. The fraction of sp³-hybridized carbons (Fsp3) is 0.500. The van der Waals surface area contributed by atoms with Crippen molar-refractivity contribution < 1.29 is 24.5 Å². The molecule has 0 bridgehead atoms. The lowest BCUT2D eigenvalue weighted by molar-refractivity contribution is -0.122. The fourth-order valence-corrected chi connectivity index (χ4v) is 4.13. The molecular weight excluding hydrogens is 366 g/mol. The summed E-state index contributed by atoms with van der Waals surface area (Å²) in [5.41, 5.74) is 0.246. The lowest BCUT2D eigenvalue weighted by Gasteiger charge is -2.35. The van der Waals surface area contributed by atoms with Crippen molar-refractivity contribution in [3.05, 3.63) is 36.8 Å². The first kappa shape index (κ1) is 19.7. The smallest absolute Gasteiger partial charge is 0.290 e. The number of aliphatic hydroxyl groups excluding tert-OH is 1. The minimum atomic E-state index is -0.420. The van der Waals surface area contributed by atoms with Crippen molar-refractivity contribution in [3.8, 4) is 5.88 Å². The van der Waals surface area contributed by atoms with Crippen molar-refractivity contribution in [2.24, 2.45) is 11.8 Å². The molecule has 2 aromatic rings. The maximum Gasteiger partial charge on any atom is 0.290 e. The topological polar surface area (TPSA) is 131 Å². The molecule has 0 unspecified atom stereocenters. The number of amides is 1. The van der Waals surface area contributed by atoms with E-state index in [-0.39, 0.29) is 30.0 Å². The first-order valence-electron chi connectivity index (χ1n) is 8.96. The zero-order chi connectivity index (χ0) is 20.1. The van der Waals surface area contributed by atoms with Crippen LogP contribution in [0.25, 0.3) is 0 Å². The number of hydrogen-bond acceptors (Lipinski definition) is 7. The van der Waals surface area contributed by atoms with E-state index < -0.39 is 6.10 Å². The number of carbonyl (C=O) groups is 2. The summed E-state index contributed by atoms with van der Waals surface area (Å²) < 4.78 is 7.13. The molecule has 1 aliphatic heterocycles. The Hall–Kier alpha value is -3.01. The molecule has 3 heterocycles. The van der Waals surface area contributed by atoms with Gasteiger partial charge in [-0.3, -0.25) is 9.59 Å². The quantitative estimate of drug-likeness (QED) is 0.724. The van der Waals surface area contributed by atoms with E-state index in [9.17, 15) is 9.90 Å². The number of aliphatic hydroxyl groups is 1. The first-order valence-corrected chi connectivity index (χ1v) is 8.96. The van der Waals surface area contributed by atoms with Crippen LogP contribution >= 0.6 is 0 Å². The molecule has 1 saturated heterocycles. The van der Waals surface area contributed by atoms with Crippen LogP contribution in [0.5, 0.6) is 5.88 Å². The maximum atomic E-state index is 12.8. The summed E-state index contributed by atoms with van der Waals surface area (Å²) in [6, 6.07) is 0.0184. The third-order valence-corrected chi connectivity index (χ3v) is 5.36. The third kappa shape index (κ3) is 3.96. The molecule has 0 aromatic carbocycles. The van der Waals surface area contributed by atoms with E-state index in [1.807, 2.05) is 15.7 Å². The van der Waals surface area contributed by atoms with Crippen molar-refractivity contribution >= 4 is 12.4 Å². The van der Waals surface area contributed by atoms with Crippen LogP contribution < -0.4 is 4.74 Å². The van der Waals surface area contributed by atoms with Crippen LogP contribution in [-0.4, -0.2) is 73.3 Å². The van der Waals surface area contributed by atoms with Crippen molar-refractivity contribution in [3.63, 3.8) is 0 Å². The number of hydrogen-bond donors (Lipinski definition) is 2. The molecular formula is C18H23N5O5. The van der Waals surface area contributed by atoms with Gasteiger partial charge in [0, 0.05) is 37.9 Å². The summed E-state index contributed by atoms with van der Waals surface area (Å²) in [5, 5.41) is 17.4. The highest BCUT2D eigenvalue weighted by molar-refractivity contribution is 5.94. The lowest BCUT2D eigenvalue weighted by atomic mass is 9.77.